The smallest absolute Gasteiger partial charge is 0.216 e. The Bertz CT molecular complexity index is 458. The molecule has 2 N–H and O–H groups in total. The molecule has 1 saturated heterocycles. The van der Waals surface area contributed by atoms with Gasteiger partial charge in [-0.2, -0.15) is 0 Å². The van der Waals surface area contributed by atoms with Crippen molar-refractivity contribution in [3.63, 3.8) is 0 Å². The van der Waals surface area contributed by atoms with Crippen molar-refractivity contribution >= 4 is 19.9 Å². The van der Waals surface area contributed by atoms with Crippen LogP contribution in [0.5, 0.6) is 0 Å². The first-order chi connectivity index (χ1) is 8.19. The lowest BCUT2D eigenvalue weighted by molar-refractivity contribution is 0.396. The number of hydrogen-bond acceptors (Lipinski definition) is 5. The average molecular weight is 298 g/mol. The first-order valence-corrected chi connectivity index (χ1v) is 9.37. The Morgan fingerprint density at radius 3 is 2.28 bits per heavy atom. The van der Waals surface area contributed by atoms with Gasteiger partial charge in [0.15, 0.2) is 0 Å². The maximum Gasteiger partial charge on any atom is 0.216 e. The number of nitrogens with zero attached hydrogens (tertiary/aromatic N) is 1. The summed E-state index contributed by atoms with van der Waals surface area (Å²) in [6.07, 6.45) is 0.401. The van der Waals surface area contributed by atoms with Crippen molar-refractivity contribution in [2.24, 2.45) is 11.7 Å². The van der Waals surface area contributed by atoms with Crippen LogP contribution in [0.15, 0.2) is 0 Å². The van der Waals surface area contributed by atoms with Crippen LogP contribution in [0, 0.1) is 5.92 Å². The van der Waals surface area contributed by atoms with Crippen molar-refractivity contribution in [2.75, 3.05) is 31.6 Å². The summed E-state index contributed by atoms with van der Waals surface area (Å²) in [5.41, 5.74) is 5.48. The highest BCUT2D eigenvalue weighted by Crippen LogP contribution is 2.22. The van der Waals surface area contributed by atoms with Crippen LogP contribution in [0.2, 0.25) is 0 Å². The maximum atomic E-state index is 12.2. The van der Waals surface area contributed by atoms with Crippen LogP contribution in [0.4, 0.5) is 0 Å². The zero-order valence-electron chi connectivity index (χ0n) is 10.9. The molecule has 0 aromatic rings. The van der Waals surface area contributed by atoms with Crippen LogP contribution in [-0.2, 0) is 19.9 Å². The molecule has 0 aromatic carbocycles. The van der Waals surface area contributed by atoms with Crippen LogP contribution in [0.25, 0.3) is 0 Å². The number of nitrogens with two attached hydrogens (primary N) is 1. The van der Waals surface area contributed by atoms with Crippen LogP contribution in [0.1, 0.15) is 19.8 Å². The Kier molecular flexibility index (Phi) is 5.16. The molecule has 1 fully saturated rings. The third-order valence-corrected chi connectivity index (χ3v) is 7.38. The number of sulfone groups is 1. The standard InChI is InChI=1S/C10H22N2O4S2/c1-9(7-11)8-12(2)18(15,16)10-3-5-17(13,14)6-4-10/h9-10H,3-8,11H2,1-2H3. The molecule has 6 nitrogen and oxygen atoms in total. The van der Waals surface area contributed by atoms with E-state index in [4.69, 9.17) is 5.73 Å². The Morgan fingerprint density at radius 2 is 1.83 bits per heavy atom. The predicted molar refractivity (Wildman–Crippen MR) is 71.4 cm³/mol. The summed E-state index contributed by atoms with van der Waals surface area (Å²) in [7, 11) is -4.90. The van der Waals surface area contributed by atoms with E-state index in [2.05, 4.69) is 0 Å². The molecule has 0 radical (unpaired) electrons. The summed E-state index contributed by atoms with van der Waals surface area (Å²) in [5.74, 6) is 0.0334. The summed E-state index contributed by atoms with van der Waals surface area (Å²) in [5, 5.41) is -0.573. The lowest BCUT2D eigenvalue weighted by Gasteiger charge is -2.28. The van der Waals surface area contributed by atoms with Gasteiger partial charge in [-0.15, -0.1) is 0 Å². The van der Waals surface area contributed by atoms with Crippen LogP contribution in [-0.4, -0.2) is 58.0 Å². The van der Waals surface area contributed by atoms with Gasteiger partial charge in [0.1, 0.15) is 9.84 Å². The summed E-state index contributed by atoms with van der Waals surface area (Å²) in [6, 6.07) is 0. The van der Waals surface area contributed by atoms with E-state index in [1.807, 2.05) is 6.92 Å². The van der Waals surface area contributed by atoms with E-state index in [1.165, 1.54) is 11.4 Å². The lowest BCUT2D eigenvalue weighted by Crippen LogP contribution is -2.43. The van der Waals surface area contributed by atoms with Crippen molar-refractivity contribution in [2.45, 2.75) is 25.0 Å². The summed E-state index contributed by atoms with van der Waals surface area (Å²) in [4.78, 5) is 0. The Balaban J connectivity index is 2.70. The van der Waals surface area contributed by atoms with Gasteiger partial charge in [-0.05, 0) is 25.3 Å². The minimum atomic E-state index is -3.40. The molecule has 108 valence electrons. The molecule has 0 saturated carbocycles. The molecule has 1 aliphatic heterocycles. The minimum absolute atomic E-state index is 0.0306. The van der Waals surface area contributed by atoms with Crippen molar-refractivity contribution in [3.05, 3.63) is 0 Å². The zero-order valence-corrected chi connectivity index (χ0v) is 12.5. The molecule has 0 bridgehead atoms. The zero-order chi connectivity index (χ0) is 14.0. The number of sulfonamides is 1. The molecule has 8 heteroatoms. The average Bonchev–Trinajstić information content (AvgIpc) is 2.28. The molecular weight excluding hydrogens is 276 g/mol. The fourth-order valence-corrected chi connectivity index (χ4v) is 5.63. The normalized spacial score (nSPS) is 23.1. The van der Waals surface area contributed by atoms with E-state index in [-0.39, 0.29) is 30.3 Å². The van der Waals surface area contributed by atoms with Crippen molar-refractivity contribution in [1.82, 2.24) is 4.31 Å². The van der Waals surface area contributed by atoms with Crippen molar-refractivity contribution in [3.8, 4) is 0 Å². The quantitative estimate of drug-likeness (QED) is 0.732. The van der Waals surface area contributed by atoms with Crippen LogP contribution >= 0.6 is 0 Å². The Morgan fingerprint density at radius 1 is 1.33 bits per heavy atom. The van der Waals surface area contributed by atoms with Gasteiger partial charge < -0.3 is 5.73 Å². The van der Waals surface area contributed by atoms with Crippen molar-refractivity contribution in [1.29, 1.82) is 0 Å². The molecular formula is C10H22N2O4S2. The highest BCUT2D eigenvalue weighted by molar-refractivity contribution is 7.92. The minimum Gasteiger partial charge on any atom is -0.330 e. The fraction of sp³-hybridized carbons (Fsp3) is 1.00. The molecule has 1 aliphatic rings. The van der Waals surface area contributed by atoms with E-state index >= 15 is 0 Å². The highest BCUT2D eigenvalue weighted by atomic mass is 32.2. The maximum absolute atomic E-state index is 12.2. The van der Waals surface area contributed by atoms with Gasteiger partial charge in [-0.1, -0.05) is 6.92 Å². The number of rotatable bonds is 5. The third kappa shape index (κ3) is 3.91. The molecule has 0 aliphatic carbocycles. The van der Waals surface area contributed by atoms with Gasteiger partial charge in [0.05, 0.1) is 16.8 Å². The van der Waals surface area contributed by atoms with Crippen LogP contribution < -0.4 is 5.73 Å². The highest BCUT2D eigenvalue weighted by Gasteiger charge is 2.35. The van der Waals surface area contributed by atoms with E-state index in [0.29, 0.717) is 13.1 Å². The molecule has 1 atom stereocenters. The van der Waals surface area contributed by atoms with Gasteiger partial charge >= 0.3 is 0 Å². The summed E-state index contributed by atoms with van der Waals surface area (Å²) < 4.78 is 48.4. The van der Waals surface area contributed by atoms with Gasteiger partial charge in [-0.25, -0.2) is 21.1 Å². The Hall–Kier alpha value is -0.180. The van der Waals surface area contributed by atoms with E-state index in [0.717, 1.165) is 0 Å². The lowest BCUT2D eigenvalue weighted by atomic mass is 10.2. The SMILES string of the molecule is CC(CN)CN(C)S(=O)(=O)C1CCS(=O)(=O)CC1. The molecule has 1 heterocycles. The first kappa shape index (κ1) is 15.9. The van der Waals surface area contributed by atoms with Gasteiger partial charge in [-0.3, -0.25) is 0 Å². The topological polar surface area (TPSA) is 97.5 Å². The molecule has 1 rings (SSSR count). The van der Waals surface area contributed by atoms with Gasteiger partial charge in [0.2, 0.25) is 10.0 Å². The summed E-state index contributed by atoms with van der Waals surface area (Å²) in [6.45, 7) is 2.69. The van der Waals surface area contributed by atoms with Gasteiger partial charge in [0.25, 0.3) is 0 Å². The monoisotopic (exact) mass is 298 g/mol. The molecule has 0 aromatic heterocycles. The van der Waals surface area contributed by atoms with E-state index in [9.17, 15) is 16.8 Å². The Labute approximate surface area is 110 Å². The predicted octanol–water partition coefficient (Wildman–Crippen LogP) is -0.580. The first-order valence-electron chi connectivity index (χ1n) is 6.04. The second-order valence-electron chi connectivity index (χ2n) is 5.02. The van der Waals surface area contributed by atoms with E-state index < -0.39 is 25.1 Å². The number of hydrogen-bond donors (Lipinski definition) is 1. The molecule has 18 heavy (non-hydrogen) atoms. The largest absolute Gasteiger partial charge is 0.330 e. The second-order valence-corrected chi connectivity index (χ2v) is 9.64. The fourth-order valence-electron chi connectivity index (χ4n) is 2.04. The third-order valence-electron chi connectivity index (χ3n) is 3.33. The van der Waals surface area contributed by atoms with Crippen LogP contribution in [0.3, 0.4) is 0 Å². The molecule has 0 spiro atoms. The summed E-state index contributed by atoms with van der Waals surface area (Å²) >= 11 is 0. The van der Waals surface area contributed by atoms with E-state index in [1.54, 1.807) is 0 Å². The molecule has 1 unspecified atom stereocenters. The second kappa shape index (κ2) is 5.85. The van der Waals surface area contributed by atoms with Crippen molar-refractivity contribution < 1.29 is 16.8 Å². The molecule has 0 amide bonds. The van der Waals surface area contributed by atoms with Gasteiger partial charge in [0, 0.05) is 13.6 Å².